The Morgan fingerprint density at radius 2 is 2.25 bits per heavy atom. The molecule has 66 valence electrons. The zero-order valence-corrected chi connectivity index (χ0v) is 7.78. The van der Waals surface area contributed by atoms with E-state index >= 15 is 0 Å². The highest BCUT2D eigenvalue weighted by Gasteiger charge is 2.10. The second kappa shape index (κ2) is 3.59. The maximum Gasteiger partial charge on any atom is 0.0357 e. The second-order valence-electron chi connectivity index (χ2n) is 2.99. The molecule has 0 amide bonds. The van der Waals surface area contributed by atoms with E-state index in [1.807, 2.05) is 6.92 Å². The Hall–Kier alpha value is -1.02. The molecule has 0 bridgehead atoms. The van der Waals surface area contributed by atoms with Gasteiger partial charge in [0.15, 0.2) is 0 Å². The standard InChI is InChI=1S/C10H16N2/c1-4-9-5-7(2)12-8(3)10(9)6-11/h5,12H,3-4,6,11H2,1-2H3. The van der Waals surface area contributed by atoms with E-state index in [9.17, 15) is 0 Å². The highest BCUT2D eigenvalue weighted by molar-refractivity contribution is 5.44. The predicted octanol–water partition coefficient (Wildman–Crippen LogP) is 1.67. The van der Waals surface area contributed by atoms with Crippen LogP contribution in [0.3, 0.4) is 0 Å². The Kier molecular flexibility index (Phi) is 2.71. The van der Waals surface area contributed by atoms with E-state index in [0.29, 0.717) is 6.54 Å². The van der Waals surface area contributed by atoms with E-state index in [0.717, 1.165) is 23.4 Å². The molecule has 0 radical (unpaired) electrons. The Bertz CT molecular complexity index is 259. The Labute approximate surface area is 73.8 Å². The lowest BCUT2D eigenvalue weighted by atomic mass is 9.99. The number of rotatable bonds is 2. The first kappa shape index (κ1) is 9.07. The first-order valence-corrected chi connectivity index (χ1v) is 4.25. The summed E-state index contributed by atoms with van der Waals surface area (Å²) >= 11 is 0. The van der Waals surface area contributed by atoms with Crippen LogP contribution in [-0.2, 0) is 0 Å². The molecule has 1 aliphatic heterocycles. The van der Waals surface area contributed by atoms with Gasteiger partial charge in [0.05, 0.1) is 0 Å². The quantitative estimate of drug-likeness (QED) is 0.651. The van der Waals surface area contributed by atoms with E-state index in [2.05, 4.69) is 24.9 Å². The minimum atomic E-state index is 0.568. The van der Waals surface area contributed by atoms with E-state index in [1.165, 1.54) is 5.57 Å². The first-order chi connectivity index (χ1) is 5.69. The molecule has 0 fully saturated rings. The van der Waals surface area contributed by atoms with Crippen molar-refractivity contribution < 1.29 is 0 Å². The van der Waals surface area contributed by atoms with Crippen molar-refractivity contribution in [3.05, 3.63) is 35.2 Å². The summed E-state index contributed by atoms with van der Waals surface area (Å²) in [5.74, 6) is 0. The van der Waals surface area contributed by atoms with E-state index in [-0.39, 0.29) is 0 Å². The van der Waals surface area contributed by atoms with Crippen LogP contribution in [0.4, 0.5) is 0 Å². The molecule has 2 nitrogen and oxygen atoms in total. The summed E-state index contributed by atoms with van der Waals surface area (Å²) in [6.07, 6.45) is 3.15. The van der Waals surface area contributed by atoms with Crippen molar-refractivity contribution in [3.8, 4) is 0 Å². The largest absolute Gasteiger partial charge is 0.359 e. The molecule has 0 aromatic rings. The summed E-state index contributed by atoms with van der Waals surface area (Å²) in [5.41, 5.74) is 10.2. The van der Waals surface area contributed by atoms with Gasteiger partial charge in [-0.1, -0.05) is 13.5 Å². The number of hydrogen-bond acceptors (Lipinski definition) is 2. The predicted molar refractivity (Wildman–Crippen MR) is 52.4 cm³/mol. The van der Waals surface area contributed by atoms with E-state index < -0.39 is 0 Å². The summed E-state index contributed by atoms with van der Waals surface area (Å²) in [7, 11) is 0. The minimum Gasteiger partial charge on any atom is -0.359 e. The van der Waals surface area contributed by atoms with Gasteiger partial charge in [0.2, 0.25) is 0 Å². The van der Waals surface area contributed by atoms with E-state index in [4.69, 9.17) is 5.73 Å². The summed E-state index contributed by atoms with van der Waals surface area (Å²) in [6, 6.07) is 0. The Balaban J connectivity index is 3.04. The van der Waals surface area contributed by atoms with Crippen molar-refractivity contribution >= 4 is 0 Å². The number of dihydropyridines is 1. The minimum absolute atomic E-state index is 0.568. The lowest BCUT2D eigenvalue weighted by Crippen LogP contribution is -2.21. The molecule has 1 rings (SSSR count). The fourth-order valence-electron chi connectivity index (χ4n) is 1.46. The third-order valence-electron chi connectivity index (χ3n) is 2.08. The van der Waals surface area contributed by atoms with Gasteiger partial charge in [0, 0.05) is 17.9 Å². The highest BCUT2D eigenvalue weighted by atomic mass is 14.9. The van der Waals surface area contributed by atoms with Crippen molar-refractivity contribution in [3.63, 3.8) is 0 Å². The molecule has 3 N–H and O–H groups in total. The maximum atomic E-state index is 5.62. The van der Waals surface area contributed by atoms with Crippen molar-refractivity contribution in [2.75, 3.05) is 6.54 Å². The zero-order valence-electron chi connectivity index (χ0n) is 7.78. The lowest BCUT2D eigenvalue weighted by Gasteiger charge is -2.20. The SMILES string of the molecule is C=C1NC(C)=CC(CC)=C1CN. The van der Waals surface area contributed by atoms with Gasteiger partial charge in [-0.25, -0.2) is 0 Å². The summed E-state index contributed by atoms with van der Waals surface area (Å²) in [5, 5.41) is 3.17. The smallest absolute Gasteiger partial charge is 0.0357 e. The third-order valence-corrected chi connectivity index (χ3v) is 2.08. The van der Waals surface area contributed by atoms with Crippen LogP contribution in [0.2, 0.25) is 0 Å². The van der Waals surface area contributed by atoms with Gasteiger partial charge in [-0.15, -0.1) is 0 Å². The molecule has 0 spiro atoms. The molecule has 2 heteroatoms. The molecule has 1 aliphatic rings. The van der Waals surface area contributed by atoms with Crippen LogP contribution in [-0.4, -0.2) is 6.54 Å². The molecule has 0 aromatic carbocycles. The first-order valence-electron chi connectivity index (χ1n) is 4.25. The van der Waals surface area contributed by atoms with E-state index in [1.54, 1.807) is 0 Å². The number of nitrogens with two attached hydrogens (primary N) is 1. The van der Waals surface area contributed by atoms with Gasteiger partial charge in [-0.2, -0.15) is 0 Å². The molecule has 0 unspecified atom stereocenters. The average Bonchev–Trinajstić information content (AvgIpc) is 2.03. The lowest BCUT2D eigenvalue weighted by molar-refractivity contribution is 0.900. The Morgan fingerprint density at radius 3 is 2.75 bits per heavy atom. The van der Waals surface area contributed by atoms with Crippen molar-refractivity contribution in [2.24, 2.45) is 5.73 Å². The van der Waals surface area contributed by atoms with Crippen LogP contribution in [0.25, 0.3) is 0 Å². The highest BCUT2D eigenvalue weighted by Crippen LogP contribution is 2.21. The molecule has 1 heterocycles. The summed E-state index contributed by atoms with van der Waals surface area (Å²) in [6.45, 7) is 8.66. The van der Waals surface area contributed by atoms with Crippen LogP contribution >= 0.6 is 0 Å². The van der Waals surface area contributed by atoms with Crippen molar-refractivity contribution in [1.29, 1.82) is 0 Å². The molecular formula is C10H16N2. The van der Waals surface area contributed by atoms with Gasteiger partial charge < -0.3 is 11.1 Å². The summed E-state index contributed by atoms with van der Waals surface area (Å²) < 4.78 is 0. The normalized spacial score (nSPS) is 17.6. The van der Waals surface area contributed by atoms with Gasteiger partial charge in [0.1, 0.15) is 0 Å². The molecule has 0 saturated carbocycles. The second-order valence-corrected chi connectivity index (χ2v) is 2.99. The van der Waals surface area contributed by atoms with Crippen molar-refractivity contribution in [1.82, 2.24) is 5.32 Å². The third kappa shape index (κ3) is 1.59. The summed E-state index contributed by atoms with van der Waals surface area (Å²) in [4.78, 5) is 0. The van der Waals surface area contributed by atoms with Gasteiger partial charge in [-0.05, 0) is 30.6 Å². The zero-order chi connectivity index (χ0) is 9.14. The van der Waals surface area contributed by atoms with Gasteiger partial charge in [-0.3, -0.25) is 0 Å². The van der Waals surface area contributed by atoms with Crippen LogP contribution in [0.1, 0.15) is 20.3 Å². The molecule has 0 saturated heterocycles. The van der Waals surface area contributed by atoms with Crippen molar-refractivity contribution in [2.45, 2.75) is 20.3 Å². The molecule has 0 aliphatic carbocycles. The monoisotopic (exact) mass is 164 g/mol. The van der Waals surface area contributed by atoms with Crippen LogP contribution in [0.15, 0.2) is 35.2 Å². The fourth-order valence-corrected chi connectivity index (χ4v) is 1.46. The topological polar surface area (TPSA) is 38.0 Å². The molecule has 0 aromatic heterocycles. The fraction of sp³-hybridized carbons (Fsp3) is 0.400. The van der Waals surface area contributed by atoms with Crippen LogP contribution < -0.4 is 11.1 Å². The molecule has 12 heavy (non-hydrogen) atoms. The van der Waals surface area contributed by atoms with Crippen LogP contribution in [0, 0.1) is 0 Å². The van der Waals surface area contributed by atoms with Gasteiger partial charge >= 0.3 is 0 Å². The number of nitrogens with one attached hydrogen (secondary N) is 1. The number of hydrogen-bond donors (Lipinski definition) is 2. The average molecular weight is 164 g/mol. The Morgan fingerprint density at radius 1 is 1.58 bits per heavy atom. The molecular weight excluding hydrogens is 148 g/mol. The number of allylic oxidation sites excluding steroid dienone is 3. The molecule has 0 atom stereocenters. The van der Waals surface area contributed by atoms with Gasteiger partial charge in [0.25, 0.3) is 0 Å². The van der Waals surface area contributed by atoms with Crippen LogP contribution in [0.5, 0.6) is 0 Å². The maximum absolute atomic E-state index is 5.62.